The van der Waals surface area contributed by atoms with Gasteiger partial charge < -0.3 is 28.9 Å². The molecule has 0 amide bonds. The Morgan fingerprint density at radius 2 is 1.98 bits per heavy atom. The second-order valence-electron chi connectivity index (χ2n) is 12.6. The van der Waals surface area contributed by atoms with Crippen molar-refractivity contribution in [2.45, 2.75) is 64.8 Å². The molecule has 6 atom stereocenters. The summed E-state index contributed by atoms with van der Waals surface area (Å²) in [5.74, 6) is 0.373. The van der Waals surface area contributed by atoms with Crippen molar-refractivity contribution in [1.82, 2.24) is 24.6 Å². The molecule has 12 nitrogen and oxygen atoms in total. The number of aryl methyl sites for hydroxylation is 1. The molecule has 0 aliphatic carbocycles. The Morgan fingerprint density at radius 1 is 1.26 bits per heavy atom. The van der Waals surface area contributed by atoms with Crippen LogP contribution in [0, 0.1) is 12.3 Å². The highest BCUT2D eigenvalue weighted by Crippen LogP contribution is 2.50. The molecule has 3 heterocycles. The molecule has 16 heteroatoms. The topological polar surface area (TPSA) is 142 Å². The van der Waals surface area contributed by atoms with Gasteiger partial charge in [0, 0.05) is 12.4 Å². The van der Waals surface area contributed by atoms with E-state index in [0.29, 0.717) is 28.6 Å². The summed E-state index contributed by atoms with van der Waals surface area (Å²) in [7, 11) is 1.69. The van der Waals surface area contributed by atoms with Gasteiger partial charge in [-0.3, -0.25) is 9.36 Å². The number of aliphatic hydroxyl groups excluding tert-OH is 1. The van der Waals surface area contributed by atoms with Gasteiger partial charge in [0.25, 0.3) is 0 Å². The van der Waals surface area contributed by atoms with Gasteiger partial charge >= 0.3 is 12.6 Å². The van der Waals surface area contributed by atoms with Gasteiger partial charge in [0.1, 0.15) is 29.3 Å². The second kappa shape index (κ2) is 13.9. The first-order valence-corrected chi connectivity index (χ1v) is 18.2. The summed E-state index contributed by atoms with van der Waals surface area (Å²) < 4.78 is 41.6. The Labute approximate surface area is 282 Å². The number of ether oxygens (including phenoxy) is 2. The van der Waals surface area contributed by atoms with Crippen LogP contribution >= 0.6 is 18.2 Å². The molecule has 0 radical (unpaired) electrons. The van der Waals surface area contributed by atoms with Gasteiger partial charge in [-0.1, -0.05) is 57.2 Å². The zero-order chi connectivity index (χ0) is 34.1. The van der Waals surface area contributed by atoms with E-state index in [9.17, 15) is 9.90 Å². The first-order chi connectivity index (χ1) is 22.2. The van der Waals surface area contributed by atoms with Gasteiger partial charge in [0.15, 0.2) is 29.4 Å². The number of carbonyl (C=O) groups is 1. The maximum Gasteiger partial charge on any atom is 0.323 e. The molecule has 0 unspecified atom stereocenters. The fourth-order valence-corrected chi connectivity index (χ4v) is 7.82. The molecule has 2 aromatic carbocycles. The van der Waals surface area contributed by atoms with E-state index in [1.807, 2.05) is 51.1 Å². The van der Waals surface area contributed by atoms with E-state index in [4.69, 9.17) is 41.9 Å². The number of esters is 1. The van der Waals surface area contributed by atoms with Crippen molar-refractivity contribution in [3.63, 3.8) is 0 Å². The summed E-state index contributed by atoms with van der Waals surface area (Å²) >= 11 is 12.3. The Kier molecular flexibility index (Phi) is 10.4. The number of aromatic nitrogens is 4. The average Bonchev–Trinajstić information content (AvgIpc) is 3.56. The van der Waals surface area contributed by atoms with E-state index in [1.54, 1.807) is 33.0 Å². The normalized spacial score (nSPS) is 23.5. The number of imidazole rings is 1. The maximum atomic E-state index is 16.0. The molecule has 0 bridgehead atoms. The summed E-state index contributed by atoms with van der Waals surface area (Å²) in [6.07, 6.45) is -3.66. The number of anilines is 1. The van der Waals surface area contributed by atoms with Gasteiger partial charge in [-0.05, 0) is 42.5 Å². The number of fused-ring (bicyclic) bond motifs is 2. The van der Waals surface area contributed by atoms with Crippen molar-refractivity contribution >= 4 is 63.8 Å². The Bertz CT molecular complexity index is 1800. The van der Waals surface area contributed by atoms with E-state index >= 15 is 4.39 Å². The summed E-state index contributed by atoms with van der Waals surface area (Å²) in [4.78, 5) is 26.1. The third-order valence-corrected chi connectivity index (χ3v) is 10.5. The van der Waals surface area contributed by atoms with Crippen LogP contribution in [0.3, 0.4) is 0 Å². The molecule has 1 aliphatic rings. The highest BCUT2D eigenvalue weighted by Gasteiger charge is 2.57. The van der Waals surface area contributed by atoms with Crippen LogP contribution in [0.5, 0.6) is 5.75 Å². The minimum absolute atomic E-state index is 0.184. The van der Waals surface area contributed by atoms with E-state index in [-0.39, 0.29) is 17.9 Å². The van der Waals surface area contributed by atoms with Gasteiger partial charge in [0.2, 0.25) is 0 Å². The maximum absolute atomic E-state index is 16.0. The summed E-state index contributed by atoms with van der Waals surface area (Å²) in [5.41, 5.74) is -1.31. The molecule has 254 valence electrons. The van der Waals surface area contributed by atoms with Crippen LogP contribution in [0.4, 0.5) is 10.2 Å². The van der Waals surface area contributed by atoms with Gasteiger partial charge in [-0.15, -0.1) is 11.6 Å². The summed E-state index contributed by atoms with van der Waals surface area (Å²) in [6.45, 7) is 5.17. The van der Waals surface area contributed by atoms with Crippen LogP contribution in [0.15, 0.2) is 48.8 Å². The fraction of sp³-hybridized carbons (Fsp3) is 0.484. The van der Waals surface area contributed by atoms with E-state index < -0.39 is 49.4 Å². The van der Waals surface area contributed by atoms with Crippen LogP contribution < -0.4 is 14.9 Å². The number of benzene rings is 2. The van der Waals surface area contributed by atoms with Crippen LogP contribution in [0.25, 0.3) is 21.9 Å². The number of carbonyl (C=O) groups excluding carboxylic acids is 1. The lowest BCUT2D eigenvalue weighted by Gasteiger charge is -2.33. The Morgan fingerprint density at radius 3 is 2.68 bits per heavy atom. The van der Waals surface area contributed by atoms with E-state index in [2.05, 4.69) is 25.4 Å². The van der Waals surface area contributed by atoms with Crippen molar-refractivity contribution in [1.29, 1.82) is 0 Å². The molecule has 1 fully saturated rings. The lowest BCUT2D eigenvalue weighted by molar-refractivity contribution is -0.148. The third kappa shape index (κ3) is 7.54. The molecule has 3 N–H and O–H groups in total. The van der Waals surface area contributed by atoms with Crippen LogP contribution in [0.1, 0.15) is 39.7 Å². The first-order valence-electron chi connectivity index (χ1n) is 15.0. The number of hydrogen-bond donors (Lipinski definition) is 3. The van der Waals surface area contributed by atoms with Gasteiger partial charge in [0.05, 0.1) is 25.4 Å². The molecule has 5 rings (SSSR count). The van der Waals surface area contributed by atoms with Crippen molar-refractivity contribution in [3.05, 3.63) is 54.6 Å². The predicted octanol–water partition coefficient (Wildman–Crippen LogP) is 5.42. The summed E-state index contributed by atoms with van der Waals surface area (Å²) in [6, 6.07) is 12.1. The Hall–Kier alpha value is -2.97. The molecule has 0 spiro atoms. The van der Waals surface area contributed by atoms with Crippen molar-refractivity contribution in [2.24, 2.45) is 5.41 Å². The number of nitrogens with one attached hydrogen (secondary N) is 2. The number of rotatable bonds is 12. The highest BCUT2D eigenvalue weighted by molar-refractivity contribution is 8.09. The quantitative estimate of drug-likeness (QED) is 0.0983. The zero-order valence-corrected chi connectivity index (χ0v) is 29.4. The number of halogens is 2. The van der Waals surface area contributed by atoms with Crippen molar-refractivity contribution in [3.8, 4) is 5.75 Å². The Balaban J connectivity index is 1.44. The van der Waals surface area contributed by atoms with Crippen LogP contribution in [-0.2, 0) is 30.6 Å². The van der Waals surface area contributed by atoms with Gasteiger partial charge in [-0.2, -0.15) is 0 Å². The van der Waals surface area contributed by atoms with Crippen LogP contribution in [0.2, 0.25) is 0 Å². The minimum atomic E-state index is -3.65. The SMILES string of the molecule is CNc1nc(C)nc2c1ncn2[C@@H]1O[C@](CCl)(CO[P@](=S)(N[C@H](C)C(=O)OCC(C)(C)C)Oc2cccc3ccccc23)[C@@H](O)[C@H]1F. The third-order valence-electron chi connectivity index (χ3n) is 7.54. The number of nitrogens with zero attached hydrogens (tertiary/aromatic N) is 4. The molecule has 1 saturated heterocycles. The lowest BCUT2D eigenvalue weighted by atomic mass is 9.99. The van der Waals surface area contributed by atoms with Crippen LogP contribution in [-0.4, -0.2) is 80.7 Å². The summed E-state index contributed by atoms with van der Waals surface area (Å²) in [5, 5.41) is 18.9. The monoisotopic (exact) mass is 708 g/mol. The predicted molar refractivity (Wildman–Crippen MR) is 182 cm³/mol. The van der Waals surface area contributed by atoms with E-state index in [1.165, 1.54) is 10.9 Å². The zero-order valence-electron chi connectivity index (χ0n) is 26.9. The number of alkyl halides is 2. The molecule has 4 aromatic rings. The smallest absolute Gasteiger partial charge is 0.323 e. The molecule has 0 saturated carbocycles. The molecular formula is C31H39ClFN6O6PS. The van der Waals surface area contributed by atoms with Crippen molar-refractivity contribution in [2.75, 3.05) is 31.5 Å². The molecule has 1 aliphatic heterocycles. The number of hydrogen-bond acceptors (Lipinski definition) is 11. The van der Waals surface area contributed by atoms with Gasteiger partial charge in [-0.25, -0.2) is 24.4 Å². The van der Waals surface area contributed by atoms with E-state index in [0.717, 1.165) is 10.8 Å². The lowest BCUT2D eigenvalue weighted by Crippen LogP contribution is -2.48. The molecular weight excluding hydrogens is 670 g/mol. The molecule has 47 heavy (non-hydrogen) atoms. The average molecular weight is 709 g/mol. The highest BCUT2D eigenvalue weighted by atomic mass is 35.5. The second-order valence-corrected chi connectivity index (χ2v) is 16.1. The largest absolute Gasteiger partial charge is 0.464 e. The minimum Gasteiger partial charge on any atom is -0.464 e. The number of aliphatic hydroxyl groups is 1. The standard InChI is InChI=1S/C31H39ClFN6O6PS/c1-18(29(41)42-15-30(3,4)5)38-46(47,45-22-13-9-11-20-10-7-8-12-21(20)22)43-16-31(14-32)25(40)23(33)28(44-31)39-17-35-24-26(34-6)36-19(2)37-27(24)39/h7-13,17-18,23,25,28,40H,14-16H2,1-6H3,(H,38,47)(H,34,36,37)/t18-,23-,25+,28-,31-,46-/m1/s1. The van der Waals surface area contributed by atoms with Crippen molar-refractivity contribution < 1.29 is 32.8 Å². The molecule has 2 aromatic heterocycles. The first kappa shape index (κ1) is 35.3. The fourth-order valence-electron chi connectivity index (χ4n) is 5.08.